The second-order valence-corrected chi connectivity index (χ2v) is 7.91. The first-order chi connectivity index (χ1) is 13.4. The largest absolute Gasteiger partial charge is 0.325 e. The third kappa shape index (κ3) is 4.25. The first-order valence-electron chi connectivity index (χ1n) is 9.15. The molecular weight excluding hydrogens is 377 g/mol. The van der Waals surface area contributed by atoms with Gasteiger partial charge in [0.15, 0.2) is 5.16 Å². The minimum Gasteiger partial charge on any atom is -0.325 e. The van der Waals surface area contributed by atoms with Crippen molar-refractivity contribution >= 4 is 34.3 Å². The second-order valence-electron chi connectivity index (χ2n) is 6.60. The van der Waals surface area contributed by atoms with Crippen LogP contribution in [-0.2, 0) is 4.79 Å². The number of carbonyl (C=O) groups is 1. The number of benzene rings is 2. The van der Waals surface area contributed by atoms with Crippen LogP contribution in [0.25, 0.3) is 10.9 Å². The van der Waals surface area contributed by atoms with Crippen LogP contribution in [0, 0.1) is 5.82 Å². The SMILES string of the molecule is CC[C@H](C)n1c(S[C@@H](C)C(=O)Nc2cccc(F)c2)nc2ccccc2c1=O. The molecule has 0 fully saturated rings. The zero-order chi connectivity index (χ0) is 20.3. The van der Waals surface area contributed by atoms with E-state index in [-0.39, 0.29) is 17.5 Å². The van der Waals surface area contributed by atoms with Crippen molar-refractivity contribution in [2.45, 2.75) is 43.6 Å². The van der Waals surface area contributed by atoms with Gasteiger partial charge >= 0.3 is 0 Å². The summed E-state index contributed by atoms with van der Waals surface area (Å²) in [5, 5.41) is 3.24. The van der Waals surface area contributed by atoms with Crippen LogP contribution in [0.4, 0.5) is 10.1 Å². The lowest BCUT2D eigenvalue weighted by molar-refractivity contribution is -0.115. The van der Waals surface area contributed by atoms with E-state index in [2.05, 4.69) is 10.3 Å². The number of aromatic nitrogens is 2. The van der Waals surface area contributed by atoms with Crippen LogP contribution in [0.3, 0.4) is 0 Å². The van der Waals surface area contributed by atoms with Gasteiger partial charge in [0.2, 0.25) is 5.91 Å². The topological polar surface area (TPSA) is 64.0 Å². The Kier molecular flexibility index (Phi) is 6.14. The van der Waals surface area contributed by atoms with Crippen LogP contribution in [0.5, 0.6) is 0 Å². The fourth-order valence-electron chi connectivity index (χ4n) is 2.80. The normalized spacial score (nSPS) is 13.3. The van der Waals surface area contributed by atoms with Crippen LogP contribution in [-0.4, -0.2) is 20.7 Å². The van der Waals surface area contributed by atoms with Crippen LogP contribution < -0.4 is 10.9 Å². The molecule has 0 aliphatic rings. The highest BCUT2D eigenvalue weighted by molar-refractivity contribution is 8.00. The molecule has 1 heterocycles. The first kappa shape index (κ1) is 20.1. The standard InChI is InChI=1S/C21H22FN3O2S/c1-4-13(2)25-20(27)17-10-5-6-11-18(17)24-21(25)28-14(3)19(26)23-16-9-7-8-15(22)12-16/h5-14H,4H2,1-3H3,(H,23,26)/t13-,14-/m0/s1. The molecule has 1 N–H and O–H groups in total. The van der Waals surface area contributed by atoms with Crippen LogP contribution >= 0.6 is 11.8 Å². The van der Waals surface area contributed by atoms with E-state index in [4.69, 9.17) is 0 Å². The summed E-state index contributed by atoms with van der Waals surface area (Å²) in [6.07, 6.45) is 0.761. The summed E-state index contributed by atoms with van der Waals surface area (Å²) < 4.78 is 15.0. The zero-order valence-electron chi connectivity index (χ0n) is 16.0. The summed E-state index contributed by atoms with van der Waals surface area (Å²) in [6.45, 7) is 5.70. The molecule has 7 heteroatoms. The van der Waals surface area contributed by atoms with E-state index in [0.29, 0.717) is 21.7 Å². The lowest BCUT2D eigenvalue weighted by Crippen LogP contribution is -2.28. The number of hydrogen-bond acceptors (Lipinski definition) is 4. The van der Waals surface area contributed by atoms with Crippen molar-refractivity contribution in [3.05, 3.63) is 64.7 Å². The highest BCUT2D eigenvalue weighted by Crippen LogP contribution is 2.26. The Bertz CT molecular complexity index is 1070. The number of rotatable bonds is 6. The smallest absolute Gasteiger partial charge is 0.262 e. The monoisotopic (exact) mass is 399 g/mol. The Morgan fingerprint density at radius 3 is 2.68 bits per heavy atom. The molecule has 0 unspecified atom stereocenters. The van der Waals surface area contributed by atoms with Gasteiger partial charge < -0.3 is 5.32 Å². The Balaban J connectivity index is 1.91. The summed E-state index contributed by atoms with van der Waals surface area (Å²) in [7, 11) is 0. The predicted molar refractivity (Wildman–Crippen MR) is 111 cm³/mol. The van der Waals surface area contributed by atoms with Gasteiger partial charge in [0.1, 0.15) is 5.82 Å². The zero-order valence-corrected chi connectivity index (χ0v) is 16.8. The molecule has 3 aromatic rings. The molecule has 1 aromatic heterocycles. The number of amides is 1. The van der Waals surface area contributed by atoms with E-state index in [9.17, 15) is 14.0 Å². The summed E-state index contributed by atoms with van der Waals surface area (Å²) >= 11 is 1.22. The molecule has 5 nitrogen and oxygen atoms in total. The van der Waals surface area contributed by atoms with Crippen molar-refractivity contribution in [2.75, 3.05) is 5.32 Å². The Morgan fingerprint density at radius 1 is 1.21 bits per heavy atom. The maximum Gasteiger partial charge on any atom is 0.262 e. The molecule has 28 heavy (non-hydrogen) atoms. The van der Waals surface area contributed by atoms with Crippen molar-refractivity contribution in [1.82, 2.24) is 9.55 Å². The molecule has 0 bridgehead atoms. The molecule has 0 aliphatic carbocycles. The van der Waals surface area contributed by atoms with Crippen molar-refractivity contribution in [1.29, 1.82) is 0 Å². The van der Waals surface area contributed by atoms with Gasteiger partial charge in [-0.3, -0.25) is 14.2 Å². The maximum absolute atomic E-state index is 13.3. The molecule has 0 saturated heterocycles. The van der Waals surface area contributed by atoms with Gasteiger partial charge in [-0.2, -0.15) is 0 Å². The predicted octanol–water partition coefficient (Wildman–Crippen LogP) is 4.63. The van der Waals surface area contributed by atoms with E-state index in [0.717, 1.165) is 6.42 Å². The third-order valence-corrected chi connectivity index (χ3v) is 5.62. The van der Waals surface area contributed by atoms with E-state index in [1.807, 2.05) is 26.0 Å². The van der Waals surface area contributed by atoms with Gasteiger partial charge in [0, 0.05) is 11.7 Å². The Morgan fingerprint density at radius 2 is 1.96 bits per heavy atom. The number of nitrogens with zero attached hydrogens (tertiary/aromatic N) is 2. The average molecular weight is 399 g/mol. The van der Waals surface area contributed by atoms with Crippen molar-refractivity contribution < 1.29 is 9.18 Å². The number of anilines is 1. The van der Waals surface area contributed by atoms with Crippen molar-refractivity contribution in [3.8, 4) is 0 Å². The van der Waals surface area contributed by atoms with Crippen molar-refractivity contribution in [2.24, 2.45) is 0 Å². The number of hydrogen-bond donors (Lipinski definition) is 1. The van der Waals surface area contributed by atoms with Gasteiger partial charge in [-0.15, -0.1) is 0 Å². The van der Waals surface area contributed by atoms with Crippen LogP contribution in [0.1, 0.15) is 33.2 Å². The number of halogens is 1. The third-order valence-electron chi connectivity index (χ3n) is 4.55. The highest BCUT2D eigenvalue weighted by atomic mass is 32.2. The van der Waals surface area contributed by atoms with Gasteiger partial charge in [-0.05, 0) is 50.6 Å². The van der Waals surface area contributed by atoms with Crippen LogP contribution in [0.15, 0.2) is 58.5 Å². The van der Waals surface area contributed by atoms with Gasteiger partial charge in [-0.1, -0.05) is 36.9 Å². The van der Waals surface area contributed by atoms with Crippen LogP contribution in [0.2, 0.25) is 0 Å². The molecule has 2 atom stereocenters. The lowest BCUT2D eigenvalue weighted by Gasteiger charge is -2.20. The molecule has 0 radical (unpaired) electrons. The minimum absolute atomic E-state index is 0.0504. The van der Waals surface area contributed by atoms with E-state index in [1.54, 1.807) is 29.7 Å². The van der Waals surface area contributed by atoms with Gasteiger partial charge in [-0.25, -0.2) is 9.37 Å². The molecular formula is C21H22FN3O2S. The Labute approximate surface area is 167 Å². The number of fused-ring (bicyclic) bond motifs is 1. The number of para-hydroxylation sites is 1. The molecule has 0 spiro atoms. The molecule has 0 aliphatic heterocycles. The second kappa shape index (κ2) is 8.56. The summed E-state index contributed by atoms with van der Waals surface area (Å²) in [5.74, 6) is -0.700. The molecule has 3 rings (SSSR count). The number of thioether (sulfide) groups is 1. The highest BCUT2D eigenvalue weighted by Gasteiger charge is 2.21. The first-order valence-corrected chi connectivity index (χ1v) is 10.0. The fourth-order valence-corrected chi connectivity index (χ4v) is 3.81. The number of carbonyl (C=O) groups excluding carboxylic acids is 1. The molecule has 2 aromatic carbocycles. The maximum atomic E-state index is 13.3. The average Bonchev–Trinajstić information content (AvgIpc) is 2.67. The van der Waals surface area contributed by atoms with Crippen molar-refractivity contribution in [3.63, 3.8) is 0 Å². The minimum atomic E-state index is -0.522. The van der Waals surface area contributed by atoms with Gasteiger partial charge in [0.25, 0.3) is 5.56 Å². The quantitative estimate of drug-likeness (QED) is 0.485. The summed E-state index contributed by atoms with van der Waals surface area (Å²) in [5.41, 5.74) is 0.885. The van der Waals surface area contributed by atoms with E-state index in [1.165, 1.54) is 30.0 Å². The Hall–Kier alpha value is -2.67. The van der Waals surface area contributed by atoms with E-state index >= 15 is 0 Å². The number of nitrogens with one attached hydrogen (secondary N) is 1. The van der Waals surface area contributed by atoms with E-state index < -0.39 is 11.1 Å². The molecule has 1 amide bonds. The fraction of sp³-hybridized carbons (Fsp3) is 0.286. The lowest BCUT2D eigenvalue weighted by atomic mass is 10.2. The molecule has 0 saturated carbocycles. The van der Waals surface area contributed by atoms with Gasteiger partial charge in [0.05, 0.1) is 16.2 Å². The summed E-state index contributed by atoms with van der Waals surface area (Å²) in [4.78, 5) is 30.2. The summed E-state index contributed by atoms with van der Waals surface area (Å²) in [6, 6.07) is 12.9. The molecule has 146 valence electrons.